The minimum atomic E-state index is -0.0788. The fourth-order valence-corrected chi connectivity index (χ4v) is 2.48. The Morgan fingerprint density at radius 2 is 2.29 bits per heavy atom. The highest BCUT2D eigenvalue weighted by molar-refractivity contribution is 5.69. The summed E-state index contributed by atoms with van der Waals surface area (Å²) in [5.74, 6) is 0.327. The molecule has 0 bridgehead atoms. The highest BCUT2D eigenvalue weighted by atomic mass is 16.5. The molecule has 0 saturated carbocycles. The van der Waals surface area contributed by atoms with E-state index >= 15 is 0 Å². The molecule has 0 aromatic heterocycles. The molecule has 0 saturated heterocycles. The molecule has 2 N–H and O–H groups in total. The van der Waals surface area contributed by atoms with E-state index < -0.39 is 0 Å². The Morgan fingerprint density at radius 3 is 3.06 bits per heavy atom. The first-order chi connectivity index (χ1) is 8.19. The maximum absolute atomic E-state index is 11.4. The first-order valence-electron chi connectivity index (χ1n) is 6.22. The van der Waals surface area contributed by atoms with E-state index in [0.717, 1.165) is 24.9 Å². The Kier molecular flexibility index (Phi) is 3.67. The number of hydrogen-bond acceptors (Lipinski definition) is 3. The van der Waals surface area contributed by atoms with Crippen molar-refractivity contribution in [1.29, 1.82) is 0 Å². The second-order valence-corrected chi connectivity index (χ2v) is 4.65. The summed E-state index contributed by atoms with van der Waals surface area (Å²) in [4.78, 5) is 11.4. The molecule has 0 amide bonds. The number of aryl methyl sites for hydroxylation is 1. The van der Waals surface area contributed by atoms with Crippen molar-refractivity contribution in [1.82, 2.24) is 0 Å². The van der Waals surface area contributed by atoms with E-state index in [-0.39, 0.29) is 5.97 Å². The van der Waals surface area contributed by atoms with Crippen molar-refractivity contribution in [2.75, 3.05) is 12.3 Å². The van der Waals surface area contributed by atoms with Crippen molar-refractivity contribution in [3.05, 3.63) is 29.3 Å². The minimum absolute atomic E-state index is 0.0788. The molecule has 0 aliphatic heterocycles. The molecule has 0 radical (unpaired) electrons. The van der Waals surface area contributed by atoms with E-state index in [1.165, 1.54) is 11.1 Å². The normalized spacial score (nSPS) is 18.5. The first kappa shape index (κ1) is 12.0. The van der Waals surface area contributed by atoms with Crippen molar-refractivity contribution in [2.45, 2.75) is 32.6 Å². The molecule has 0 spiro atoms. The highest BCUT2D eigenvalue weighted by Crippen LogP contribution is 2.29. The van der Waals surface area contributed by atoms with Gasteiger partial charge in [0.2, 0.25) is 0 Å². The number of carbonyl (C=O) groups is 1. The molecule has 1 aliphatic carbocycles. The van der Waals surface area contributed by atoms with Gasteiger partial charge < -0.3 is 10.5 Å². The summed E-state index contributed by atoms with van der Waals surface area (Å²) in [6.07, 6.45) is 3.58. The fraction of sp³-hybridized carbons (Fsp3) is 0.500. The Hall–Kier alpha value is -1.51. The van der Waals surface area contributed by atoms with Gasteiger partial charge in [-0.25, -0.2) is 0 Å². The van der Waals surface area contributed by atoms with Gasteiger partial charge in [-0.3, -0.25) is 4.79 Å². The van der Waals surface area contributed by atoms with Gasteiger partial charge in [-0.2, -0.15) is 0 Å². The highest BCUT2D eigenvalue weighted by Gasteiger charge is 2.21. The summed E-state index contributed by atoms with van der Waals surface area (Å²) in [7, 11) is 0. The summed E-state index contributed by atoms with van der Waals surface area (Å²) < 4.78 is 4.99. The van der Waals surface area contributed by atoms with Gasteiger partial charge in [-0.15, -0.1) is 0 Å². The third-order valence-electron chi connectivity index (χ3n) is 3.32. The average Bonchev–Trinajstić information content (AvgIpc) is 2.28. The van der Waals surface area contributed by atoms with Crippen LogP contribution in [0.2, 0.25) is 0 Å². The van der Waals surface area contributed by atoms with Crippen LogP contribution in [-0.4, -0.2) is 12.6 Å². The third kappa shape index (κ3) is 2.99. The molecule has 1 atom stereocenters. The Bertz CT molecular complexity index is 415. The van der Waals surface area contributed by atoms with Gasteiger partial charge in [0.15, 0.2) is 0 Å². The summed E-state index contributed by atoms with van der Waals surface area (Å²) in [6, 6.07) is 6.09. The second-order valence-electron chi connectivity index (χ2n) is 4.65. The van der Waals surface area contributed by atoms with Crippen LogP contribution in [0.4, 0.5) is 5.69 Å². The maximum Gasteiger partial charge on any atom is 0.306 e. The molecule has 3 heteroatoms. The van der Waals surface area contributed by atoms with Crippen LogP contribution < -0.4 is 5.73 Å². The third-order valence-corrected chi connectivity index (χ3v) is 3.32. The van der Waals surface area contributed by atoms with Gasteiger partial charge in [0.25, 0.3) is 0 Å². The minimum Gasteiger partial charge on any atom is -0.466 e. The topological polar surface area (TPSA) is 52.3 Å². The second kappa shape index (κ2) is 5.21. The molecule has 1 aromatic rings. The Morgan fingerprint density at radius 1 is 1.47 bits per heavy atom. The van der Waals surface area contributed by atoms with E-state index in [9.17, 15) is 4.79 Å². The molecule has 0 unspecified atom stereocenters. The molecule has 1 aliphatic rings. The van der Waals surface area contributed by atoms with Crippen LogP contribution in [0.25, 0.3) is 0 Å². The standard InChI is InChI=1S/C14H19NO2/c1-2-17-14(16)8-10-3-4-11-5-6-13(15)9-12(11)7-10/h5-6,9-10H,2-4,7-8,15H2,1H3/t10-/m0/s1. The lowest BCUT2D eigenvalue weighted by molar-refractivity contribution is -0.144. The first-order valence-corrected chi connectivity index (χ1v) is 6.22. The maximum atomic E-state index is 11.4. The number of anilines is 1. The number of benzene rings is 1. The monoisotopic (exact) mass is 233 g/mol. The zero-order valence-corrected chi connectivity index (χ0v) is 10.2. The molecule has 2 rings (SSSR count). The average molecular weight is 233 g/mol. The van der Waals surface area contributed by atoms with E-state index in [4.69, 9.17) is 10.5 Å². The Balaban J connectivity index is 2.00. The van der Waals surface area contributed by atoms with Crippen LogP contribution in [0.1, 0.15) is 30.9 Å². The van der Waals surface area contributed by atoms with Gasteiger partial charge in [0, 0.05) is 12.1 Å². The van der Waals surface area contributed by atoms with Crippen molar-refractivity contribution in [3.8, 4) is 0 Å². The number of esters is 1. The summed E-state index contributed by atoms with van der Waals surface area (Å²) in [5, 5.41) is 0. The van der Waals surface area contributed by atoms with Crippen molar-refractivity contribution in [3.63, 3.8) is 0 Å². The number of fused-ring (bicyclic) bond motifs is 1. The molecule has 0 fully saturated rings. The zero-order valence-electron chi connectivity index (χ0n) is 10.2. The lowest BCUT2D eigenvalue weighted by Crippen LogP contribution is -2.19. The summed E-state index contributed by atoms with van der Waals surface area (Å²) >= 11 is 0. The SMILES string of the molecule is CCOC(=O)C[C@H]1CCc2ccc(N)cc2C1. The fourth-order valence-electron chi connectivity index (χ4n) is 2.48. The zero-order chi connectivity index (χ0) is 12.3. The van der Waals surface area contributed by atoms with Crippen LogP contribution in [0.5, 0.6) is 0 Å². The van der Waals surface area contributed by atoms with Crippen molar-refractivity contribution >= 4 is 11.7 Å². The predicted octanol–water partition coefficient (Wildman–Crippen LogP) is 2.33. The number of hydrogen-bond donors (Lipinski definition) is 1. The van der Waals surface area contributed by atoms with E-state index in [2.05, 4.69) is 6.07 Å². The molecule has 92 valence electrons. The number of ether oxygens (including phenoxy) is 1. The van der Waals surface area contributed by atoms with E-state index in [1.807, 2.05) is 19.1 Å². The number of nitrogen functional groups attached to an aromatic ring is 1. The van der Waals surface area contributed by atoms with Crippen LogP contribution >= 0.6 is 0 Å². The number of carbonyl (C=O) groups excluding carboxylic acids is 1. The number of nitrogens with two attached hydrogens (primary N) is 1. The molecular formula is C14H19NO2. The molecule has 17 heavy (non-hydrogen) atoms. The van der Waals surface area contributed by atoms with Crippen LogP contribution in [0.3, 0.4) is 0 Å². The Labute approximate surface area is 102 Å². The lowest BCUT2D eigenvalue weighted by atomic mass is 9.82. The predicted molar refractivity (Wildman–Crippen MR) is 67.6 cm³/mol. The van der Waals surface area contributed by atoms with Gasteiger partial charge in [-0.1, -0.05) is 6.07 Å². The molecule has 1 aromatic carbocycles. The molecular weight excluding hydrogens is 214 g/mol. The van der Waals surface area contributed by atoms with Gasteiger partial charge in [0.1, 0.15) is 0 Å². The van der Waals surface area contributed by atoms with Crippen LogP contribution in [-0.2, 0) is 22.4 Å². The molecule has 0 heterocycles. The summed E-state index contributed by atoms with van der Waals surface area (Å²) in [5.41, 5.74) is 9.26. The smallest absolute Gasteiger partial charge is 0.306 e. The van der Waals surface area contributed by atoms with Crippen LogP contribution in [0, 0.1) is 5.92 Å². The van der Waals surface area contributed by atoms with Crippen LogP contribution in [0.15, 0.2) is 18.2 Å². The van der Waals surface area contributed by atoms with E-state index in [1.54, 1.807) is 0 Å². The largest absolute Gasteiger partial charge is 0.466 e. The molecule has 3 nitrogen and oxygen atoms in total. The lowest BCUT2D eigenvalue weighted by Gasteiger charge is -2.24. The van der Waals surface area contributed by atoms with Crippen molar-refractivity contribution in [2.24, 2.45) is 5.92 Å². The van der Waals surface area contributed by atoms with E-state index in [0.29, 0.717) is 18.9 Å². The van der Waals surface area contributed by atoms with Gasteiger partial charge in [0.05, 0.1) is 6.61 Å². The number of rotatable bonds is 3. The van der Waals surface area contributed by atoms with Gasteiger partial charge >= 0.3 is 5.97 Å². The van der Waals surface area contributed by atoms with Crippen molar-refractivity contribution < 1.29 is 9.53 Å². The van der Waals surface area contributed by atoms with Gasteiger partial charge in [-0.05, 0) is 55.4 Å². The summed E-state index contributed by atoms with van der Waals surface area (Å²) in [6.45, 7) is 2.31. The quantitative estimate of drug-likeness (QED) is 0.644.